The van der Waals surface area contributed by atoms with Gasteiger partial charge in [-0.2, -0.15) is 0 Å². The number of nitrogens with zero attached hydrogens (tertiary/aromatic N) is 3. The Kier molecular flexibility index (Phi) is 3.53. The van der Waals surface area contributed by atoms with Gasteiger partial charge in [0.1, 0.15) is 12.1 Å². The number of aromatic nitrogens is 3. The highest BCUT2D eigenvalue weighted by Gasteiger charge is 2.36. The molecule has 0 radical (unpaired) electrons. The van der Waals surface area contributed by atoms with Crippen molar-refractivity contribution < 1.29 is 14.3 Å². The fraction of sp³-hybridized carbons (Fsp3) is 0.273. The molecule has 1 fully saturated rings. The average Bonchev–Trinajstić information content (AvgIpc) is 3.33. The van der Waals surface area contributed by atoms with E-state index < -0.39 is 6.09 Å². The van der Waals surface area contributed by atoms with Gasteiger partial charge in [-0.25, -0.2) is 19.7 Å². The molecule has 8 heteroatoms. The first-order chi connectivity index (χ1) is 14.6. The Hall–Kier alpha value is -3.68. The van der Waals surface area contributed by atoms with Gasteiger partial charge >= 0.3 is 6.09 Å². The predicted octanol–water partition coefficient (Wildman–Crippen LogP) is 3.05. The van der Waals surface area contributed by atoms with Crippen LogP contribution in [0.2, 0.25) is 0 Å². The maximum Gasteiger partial charge on any atom is 0.416 e. The van der Waals surface area contributed by atoms with Crippen molar-refractivity contribution in [2.24, 2.45) is 0 Å². The van der Waals surface area contributed by atoms with Gasteiger partial charge in [-0.3, -0.25) is 4.79 Å². The summed E-state index contributed by atoms with van der Waals surface area (Å²) in [5, 5.41) is 2.98. The standard InChI is InChI=1S/C22H19N5O3/c1-11-20-26-19-14(6-3-7-16(19)24-11)17-8-15-18(25-17)12(9-23-21(15)28)4-2-5-13-10-30-22(29)27(13)20/h2-3,5-8,12-13,25H,4,9-10H2,1H3,(H,23,28)/b5-2-/t12-,13-/m0/s1. The second-order valence-electron chi connectivity index (χ2n) is 7.90. The van der Waals surface area contributed by atoms with Crippen molar-refractivity contribution in [3.05, 3.63) is 53.4 Å². The van der Waals surface area contributed by atoms with E-state index in [1.165, 1.54) is 0 Å². The lowest BCUT2D eigenvalue weighted by atomic mass is 9.94. The number of aromatic amines is 1. The third-order valence-corrected chi connectivity index (χ3v) is 6.06. The van der Waals surface area contributed by atoms with E-state index in [1.807, 2.05) is 37.3 Å². The fourth-order valence-electron chi connectivity index (χ4n) is 4.56. The molecule has 1 aromatic carbocycles. The van der Waals surface area contributed by atoms with E-state index in [4.69, 9.17) is 14.7 Å². The van der Waals surface area contributed by atoms with Gasteiger partial charge in [-0.05, 0) is 25.5 Å². The third-order valence-electron chi connectivity index (χ3n) is 6.06. The number of allylic oxidation sites excluding steroid dienone is 1. The second-order valence-corrected chi connectivity index (χ2v) is 7.90. The summed E-state index contributed by atoms with van der Waals surface area (Å²) in [4.78, 5) is 39.6. The van der Waals surface area contributed by atoms with Crippen molar-refractivity contribution in [2.75, 3.05) is 18.1 Å². The summed E-state index contributed by atoms with van der Waals surface area (Å²) in [6.45, 7) is 2.69. The Balaban J connectivity index is 1.66. The number of hydrogen-bond acceptors (Lipinski definition) is 5. The highest BCUT2D eigenvalue weighted by Crippen LogP contribution is 2.35. The minimum absolute atomic E-state index is 0.0661. The smallest absolute Gasteiger partial charge is 0.416 e. The molecule has 3 aliphatic rings. The van der Waals surface area contributed by atoms with Gasteiger partial charge in [0.25, 0.3) is 5.91 Å². The van der Waals surface area contributed by atoms with Gasteiger partial charge in [0.2, 0.25) is 0 Å². The van der Waals surface area contributed by atoms with Crippen LogP contribution in [-0.4, -0.2) is 46.1 Å². The minimum Gasteiger partial charge on any atom is -0.447 e. The fourth-order valence-corrected chi connectivity index (χ4v) is 4.56. The predicted molar refractivity (Wildman–Crippen MR) is 111 cm³/mol. The van der Waals surface area contributed by atoms with Gasteiger partial charge in [-0.1, -0.05) is 24.3 Å². The molecule has 3 aromatic rings. The molecule has 0 saturated carbocycles. The van der Waals surface area contributed by atoms with E-state index >= 15 is 0 Å². The lowest BCUT2D eigenvalue weighted by molar-refractivity contribution is 0.0940. The van der Waals surface area contributed by atoms with Crippen LogP contribution < -0.4 is 10.2 Å². The van der Waals surface area contributed by atoms with Crippen LogP contribution in [0.4, 0.5) is 10.6 Å². The van der Waals surface area contributed by atoms with Crippen LogP contribution in [-0.2, 0) is 4.74 Å². The molecule has 2 atom stereocenters. The first-order valence-corrected chi connectivity index (χ1v) is 10.0. The molecular formula is C22H19N5O3. The summed E-state index contributed by atoms with van der Waals surface area (Å²) in [5.74, 6) is 0.563. The Bertz CT molecular complexity index is 1260. The molecule has 1 saturated heterocycles. The van der Waals surface area contributed by atoms with Crippen molar-refractivity contribution in [2.45, 2.75) is 25.3 Å². The molecule has 0 spiro atoms. The van der Waals surface area contributed by atoms with E-state index in [0.717, 1.165) is 28.9 Å². The van der Waals surface area contributed by atoms with Crippen molar-refractivity contribution in [1.29, 1.82) is 0 Å². The third kappa shape index (κ3) is 2.39. The number of carbonyl (C=O) groups excluding carboxylic acids is 2. The molecule has 30 heavy (non-hydrogen) atoms. The first-order valence-electron chi connectivity index (χ1n) is 10.0. The van der Waals surface area contributed by atoms with Gasteiger partial charge in [0, 0.05) is 29.4 Å². The van der Waals surface area contributed by atoms with E-state index in [2.05, 4.69) is 16.4 Å². The maximum atomic E-state index is 12.5. The monoisotopic (exact) mass is 401 g/mol. The number of ether oxygens (including phenoxy) is 1. The van der Waals surface area contributed by atoms with Crippen LogP contribution in [0.5, 0.6) is 0 Å². The normalized spacial score (nSPS) is 23.3. The molecule has 3 aliphatic heterocycles. The van der Waals surface area contributed by atoms with Crippen LogP contribution in [0, 0.1) is 6.92 Å². The van der Waals surface area contributed by atoms with Gasteiger partial charge in [0.05, 0.1) is 22.8 Å². The second kappa shape index (κ2) is 6.16. The average molecular weight is 401 g/mol. The number of para-hydroxylation sites is 1. The van der Waals surface area contributed by atoms with Crippen LogP contribution >= 0.6 is 0 Å². The molecule has 2 amide bonds. The van der Waals surface area contributed by atoms with E-state index in [-0.39, 0.29) is 24.5 Å². The Morgan fingerprint density at radius 2 is 2.10 bits per heavy atom. The molecule has 8 nitrogen and oxygen atoms in total. The Morgan fingerprint density at radius 1 is 1.20 bits per heavy atom. The number of hydrogen-bond donors (Lipinski definition) is 2. The van der Waals surface area contributed by atoms with Gasteiger partial charge in [-0.15, -0.1) is 0 Å². The van der Waals surface area contributed by atoms with E-state index in [0.29, 0.717) is 29.1 Å². The Morgan fingerprint density at radius 3 is 3.00 bits per heavy atom. The number of H-pyrrole nitrogens is 1. The summed E-state index contributed by atoms with van der Waals surface area (Å²) in [6.07, 6.45) is 4.36. The van der Waals surface area contributed by atoms with Crippen molar-refractivity contribution >= 4 is 28.9 Å². The summed E-state index contributed by atoms with van der Waals surface area (Å²) in [7, 11) is 0. The van der Waals surface area contributed by atoms with Crippen LogP contribution in [0.1, 0.15) is 34.1 Å². The van der Waals surface area contributed by atoms with Crippen LogP contribution in [0.25, 0.3) is 22.3 Å². The number of nitrogens with one attached hydrogen (secondary N) is 2. The highest BCUT2D eigenvalue weighted by molar-refractivity contribution is 6.00. The molecule has 4 bridgehead atoms. The lowest BCUT2D eigenvalue weighted by Gasteiger charge is -2.22. The molecule has 150 valence electrons. The Labute approximate surface area is 172 Å². The molecule has 2 aromatic heterocycles. The zero-order valence-electron chi connectivity index (χ0n) is 16.3. The number of anilines is 1. The number of cyclic esters (lactones) is 1. The van der Waals surface area contributed by atoms with Crippen molar-refractivity contribution in [3.63, 3.8) is 0 Å². The topological polar surface area (TPSA) is 100 Å². The maximum absolute atomic E-state index is 12.5. The number of aryl methyl sites for hydroxylation is 1. The summed E-state index contributed by atoms with van der Waals surface area (Å²) < 4.78 is 5.33. The molecule has 0 unspecified atom stereocenters. The van der Waals surface area contributed by atoms with Gasteiger partial charge in [0.15, 0.2) is 5.82 Å². The number of fused-ring (bicyclic) bond motifs is 5. The first kappa shape index (κ1) is 17.2. The quantitative estimate of drug-likeness (QED) is 0.564. The molecule has 5 heterocycles. The molecule has 0 aliphatic carbocycles. The zero-order valence-corrected chi connectivity index (χ0v) is 16.3. The molecule has 2 N–H and O–H groups in total. The number of rotatable bonds is 0. The molecule has 6 rings (SSSR count). The van der Waals surface area contributed by atoms with Crippen LogP contribution in [0.15, 0.2) is 36.4 Å². The lowest BCUT2D eigenvalue weighted by Crippen LogP contribution is -2.35. The highest BCUT2D eigenvalue weighted by atomic mass is 16.6. The van der Waals surface area contributed by atoms with Crippen molar-refractivity contribution in [1.82, 2.24) is 20.3 Å². The largest absolute Gasteiger partial charge is 0.447 e. The number of benzene rings is 1. The minimum atomic E-state index is -0.414. The van der Waals surface area contributed by atoms with Crippen LogP contribution in [0.3, 0.4) is 0 Å². The SMILES string of the molecule is Cc1nc2cccc3c2nc1N1C(=O)OC[C@@H]1/C=C\C[C@H]1CNC(=O)c2cc-3[nH]c21. The summed E-state index contributed by atoms with van der Waals surface area (Å²) >= 11 is 0. The van der Waals surface area contributed by atoms with E-state index in [1.54, 1.807) is 4.90 Å². The number of carbonyl (C=O) groups is 2. The molecular weight excluding hydrogens is 382 g/mol. The number of amides is 2. The summed E-state index contributed by atoms with van der Waals surface area (Å²) in [6, 6.07) is 7.42. The van der Waals surface area contributed by atoms with E-state index in [9.17, 15) is 9.59 Å². The zero-order chi connectivity index (χ0) is 20.4. The summed E-state index contributed by atoms with van der Waals surface area (Å²) in [5.41, 5.74) is 5.35. The van der Waals surface area contributed by atoms with Gasteiger partial charge < -0.3 is 15.0 Å². The van der Waals surface area contributed by atoms with Crippen molar-refractivity contribution in [3.8, 4) is 11.3 Å².